The molecule has 3 aliphatic rings. The van der Waals surface area contributed by atoms with Crippen LogP contribution in [-0.4, -0.2) is 24.2 Å². The minimum atomic E-state index is -0.929. The topological polar surface area (TPSA) is 75.6 Å². The van der Waals surface area contributed by atoms with Crippen LogP contribution in [0.1, 0.15) is 63.1 Å². The summed E-state index contributed by atoms with van der Waals surface area (Å²) in [6.45, 7) is 0. The average molecular weight is 412 g/mol. The number of carboxylic acid groups (broad SMARTS) is 1. The predicted molar refractivity (Wildman–Crippen MR) is 110 cm³/mol. The molecular formula is C23H22ClNO4. The number of halogens is 1. The largest absolute Gasteiger partial charge is 0.478 e. The fourth-order valence-electron chi connectivity index (χ4n) is 6.01. The molecule has 0 aromatic heterocycles. The Kier molecular flexibility index (Phi) is 4.32. The number of carbonyl (C=O) groups is 2. The fraction of sp³-hybridized carbons (Fsp3) is 0.391. The van der Waals surface area contributed by atoms with Gasteiger partial charge in [0.2, 0.25) is 0 Å². The van der Waals surface area contributed by atoms with E-state index in [1.54, 1.807) is 24.3 Å². The van der Waals surface area contributed by atoms with Crippen LogP contribution in [0.15, 0.2) is 36.4 Å². The van der Waals surface area contributed by atoms with Crippen LogP contribution in [0.2, 0.25) is 5.02 Å². The van der Waals surface area contributed by atoms with E-state index >= 15 is 0 Å². The monoisotopic (exact) mass is 411 g/mol. The van der Waals surface area contributed by atoms with E-state index in [0.717, 1.165) is 23.2 Å². The number of benzene rings is 2. The van der Waals surface area contributed by atoms with Gasteiger partial charge in [0.05, 0.1) is 35.0 Å². The van der Waals surface area contributed by atoms with E-state index < -0.39 is 5.97 Å². The van der Waals surface area contributed by atoms with Crippen molar-refractivity contribution in [1.82, 2.24) is 0 Å². The van der Waals surface area contributed by atoms with E-state index in [0.29, 0.717) is 28.3 Å². The van der Waals surface area contributed by atoms with Crippen molar-refractivity contribution >= 4 is 29.2 Å². The maximum atomic E-state index is 12.5. The zero-order valence-electron chi connectivity index (χ0n) is 16.0. The van der Waals surface area contributed by atoms with E-state index in [9.17, 15) is 14.7 Å². The molecule has 2 N–H and O–H groups in total. The van der Waals surface area contributed by atoms with Crippen molar-refractivity contribution in [2.24, 2.45) is 17.8 Å². The number of fused-ring (bicyclic) bond motifs is 7. The third-order valence-electron chi connectivity index (χ3n) is 7.12. The molecule has 0 radical (unpaired) electrons. The summed E-state index contributed by atoms with van der Waals surface area (Å²) in [5.41, 5.74) is 3.75. The molecule has 5 atom stereocenters. The Morgan fingerprint density at radius 1 is 1.10 bits per heavy atom. The van der Waals surface area contributed by atoms with Crippen LogP contribution >= 0.6 is 11.6 Å². The molecule has 2 aromatic rings. The molecule has 2 fully saturated rings. The van der Waals surface area contributed by atoms with Gasteiger partial charge in [0.1, 0.15) is 0 Å². The molecule has 29 heavy (non-hydrogen) atoms. The first-order chi connectivity index (χ1) is 14.0. The van der Waals surface area contributed by atoms with Gasteiger partial charge < -0.3 is 15.2 Å². The van der Waals surface area contributed by atoms with Crippen LogP contribution in [0.4, 0.5) is 5.69 Å². The number of rotatable bonds is 3. The van der Waals surface area contributed by atoms with Crippen LogP contribution in [0.25, 0.3) is 0 Å². The Labute approximate surface area is 174 Å². The lowest BCUT2D eigenvalue weighted by Gasteiger charge is -2.44. The SMILES string of the molecule is COC(=O)c1ccc(Cl)c2c1[C@@H]1[C@H]3CC[C@@H](C3)[C@@H]1[C@@H](c1ccc(C(=O)O)cc1)N2. The lowest BCUT2D eigenvalue weighted by Crippen LogP contribution is -2.36. The first kappa shape index (κ1) is 18.5. The van der Waals surface area contributed by atoms with Crippen molar-refractivity contribution in [3.8, 4) is 0 Å². The van der Waals surface area contributed by atoms with Gasteiger partial charge in [-0.3, -0.25) is 0 Å². The molecular weight excluding hydrogens is 390 g/mol. The van der Waals surface area contributed by atoms with E-state index in [2.05, 4.69) is 5.32 Å². The number of methoxy groups -OCH3 is 1. The first-order valence-corrected chi connectivity index (χ1v) is 10.4. The van der Waals surface area contributed by atoms with Gasteiger partial charge in [-0.2, -0.15) is 0 Å². The molecule has 1 heterocycles. The van der Waals surface area contributed by atoms with E-state index in [-0.39, 0.29) is 23.5 Å². The molecule has 0 spiro atoms. The van der Waals surface area contributed by atoms with Crippen molar-refractivity contribution in [2.45, 2.75) is 31.2 Å². The second kappa shape index (κ2) is 6.77. The van der Waals surface area contributed by atoms with Gasteiger partial charge in [-0.25, -0.2) is 9.59 Å². The molecule has 0 amide bonds. The summed E-state index contributed by atoms with van der Waals surface area (Å²) in [6, 6.07) is 10.7. The summed E-state index contributed by atoms with van der Waals surface area (Å²) in [4.78, 5) is 23.7. The Balaban J connectivity index is 1.65. The number of anilines is 1. The van der Waals surface area contributed by atoms with Gasteiger partial charge in [-0.15, -0.1) is 0 Å². The maximum Gasteiger partial charge on any atom is 0.338 e. The quantitative estimate of drug-likeness (QED) is 0.685. The molecule has 5 rings (SSSR count). The van der Waals surface area contributed by atoms with Gasteiger partial charge in [-0.05, 0) is 78.3 Å². The number of aromatic carboxylic acids is 1. The number of hydrogen-bond donors (Lipinski definition) is 2. The zero-order valence-corrected chi connectivity index (χ0v) is 16.8. The number of carbonyl (C=O) groups excluding carboxylic acids is 1. The van der Waals surface area contributed by atoms with Crippen LogP contribution in [0.5, 0.6) is 0 Å². The molecule has 2 bridgehead atoms. The highest BCUT2D eigenvalue weighted by Gasteiger charge is 2.55. The summed E-state index contributed by atoms with van der Waals surface area (Å²) in [7, 11) is 1.41. The van der Waals surface area contributed by atoms with Gasteiger partial charge in [0, 0.05) is 0 Å². The van der Waals surface area contributed by atoms with Crippen LogP contribution in [-0.2, 0) is 4.74 Å². The van der Waals surface area contributed by atoms with Crippen molar-refractivity contribution in [3.63, 3.8) is 0 Å². The summed E-state index contributed by atoms with van der Waals surface area (Å²) < 4.78 is 5.05. The van der Waals surface area contributed by atoms with Crippen LogP contribution < -0.4 is 5.32 Å². The van der Waals surface area contributed by atoms with Gasteiger partial charge >= 0.3 is 11.9 Å². The fourth-order valence-corrected chi connectivity index (χ4v) is 6.23. The molecule has 0 unspecified atom stereocenters. The zero-order chi connectivity index (χ0) is 20.3. The highest BCUT2D eigenvalue weighted by molar-refractivity contribution is 6.33. The van der Waals surface area contributed by atoms with E-state index in [1.807, 2.05) is 12.1 Å². The molecule has 6 heteroatoms. The first-order valence-electron chi connectivity index (χ1n) is 10.00. The highest BCUT2D eigenvalue weighted by Crippen LogP contribution is 2.64. The molecule has 1 aliphatic heterocycles. The highest BCUT2D eigenvalue weighted by atomic mass is 35.5. The Morgan fingerprint density at radius 2 is 1.83 bits per heavy atom. The second-order valence-corrected chi connectivity index (χ2v) is 8.77. The summed E-state index contributed by atoms with van der Waals surface area (Å²) >= 11 is 6.58. The van der Waals surface area contributed by atoms with Crippen molar-refractivity contribution in [3.05, 3.63) is 63.7 Å². The second-order valence-electron chi connectivity index (χ2n) is 8.36. The molecule has 2 aliphatic carbocycles. The molecule has 0 saturated heterocycles. The normalized spacial score (nSPS) is 29.0. The Bertz CT molecular complexity index is 1000. The van der Waals surface area contributed by atoms with Crippen molar-refractivity contribution in [1.29, 1.82) is 0 Å². The molecule has 150 valence electrons. The summed E-state index contributed by atoms with van der Waals surface area (Å²) in [5.74, 6) is 0.459. The number of carboxylic acids is 1. The lowest BCUT2D eigenvalue weighted by molar-refractivity contribution is 0.0596. The summed E-state index contributed by atoms with van der Waals surface area (Å²) in [5, 5.41) is 13.4. The van der Waals surface area contributed by atoms with Crippen molar-refractivity contribution in [2.75, 3.05) is 12.4 Å². The smallest absolute Gasteiger partial charge is 0.338 e. The molecule has 5 nitrogen and oxygen atoms in total. The minimum absolute atomic E-state index is 0.0380. The number of ether oxygens (including phenoxy) is 1. The lowest BCUT2D eigenvalue weighted by atomic mass is 9.67. The number of hydrogen-bond acceptors (Lipinski definition) is 4. The van der Waals surface area contributed by atoms with E-state index in [4.69, 9.17) is 16.3 Å². The summed E-state index contributed by atoms with van der Waals surface area (Å²) in [6.07, 6.45) is 3.52. The van der Waals surface area contributed by atoms with E-state index in [1.165, 1.54) is 20.0 Å². The third kappa shape index (κ3) is 2.75. The van der Waals surface area contributed by atoms with Crippen LogP contribution in [0, 0.1) is 17.8 Å². The number of nitrogens with one attached hydrogen (secondary N) is 1. The van der Waals surface area contributed by atoms with Crippen molar-refractivity contribution < 1.29 is 19.4 Å². The minimum Gasteiger partial charge on any atom is -0.478 e. The maximum absolute atomic E-state index is 12.5. The molecule has 2 aromatic carbocycles. The predicted octanol–water partition coefficient (Wildman–Crippen LogP) is 5.12. The number of esters is 1. The Morgan fingerprint density at radius 3 is 2.52 bits per heavy atom. The average Bonchev–Trinajstić information content (AvgIpc) is 3.36. The third-order valence-corrected chi connectivity index (χ3v) is 7.43. The Hall–Kier alpha value is -2.53. The van der Waals surface area contributed by atoms with Gasteiger partial charge in [0.15, 0.2) is 0 Å². The van der Waals surface area contributed by atoms with Crippen LogP contribution in [0.3, 0.4) is 0 Å². The van der Waals surface area contributed by atoms with Gasteiger partial charge in [-0.1, -0.05) is 23.7 Å². The molecule has 2 saturated carbocycles. The standard InChI is InChI=1S/C23H22ClNO4/c1-29-23(28)15-8-9-16(24)21-19(15)17-13-6-7-14(10-13)18(17)20(25-21)11-2-4-12(5-3-11)22(26)27/h2-5,8-9,13-14,17-18,20,25H,6-7,10H2,1H3,(H,26,27)/t13-,14-,17+,18-,20+/m0/s1. The van der Waals surface area contributed by atoms with Gasteiger partial charge in [0.25, 0.3) is 0 Å².